The van der Waals surface area contributed by atoms with Gasteiger partial charge in [0.15, 0.2) is 11.5 Å². The Morgan fingerprint density at radius 1 is 0.897 bits per heavy atom. The lowest BCUT2D eigenvalue weighted by Gasteiger charge is -2.34. The van der Waals surface area contributed by atoms with Gasteiger partial charge in [0.05, 0.1) is 0 Å². The van der Waals surface area contributed by atoms with Crippen LogP contribution in [0.15, 0.2) is 28.7 Å². The first-order valence-corrected chi connectivity index (χ1v) is 10.5. The highest BCUT2D eigenvalue weighted by molar-refractivity contribution is 5.98. The van der Waals surface area contributed by atoms with Crippen LogP contribution in [-0.4, -0.2) is 76.0 Å². The fourth-order valence-electron chi connectivity index (χ4n) is 3.77. The van der Waals surface area contributed by atoms with E-state index in [1.165, 1.54) is 13.0 Å². The first-order valence-electron chi connectivity index (χ1n) is 10.5. The molecule has 8 nitrogen and oxygen atoms in total. The van der Waals surface area contributed by atoms with Crippen LogP contribution in [-0.2, 0) is 6.42 Å². The van der Waals surface area contributed by atoms with Gasteiger partial charge < -0.3 is 14.6 Å². The van der Waals surface area contributed by atoms with E-state index in [1.54, 1.807) is 0 Å². The van der Waals surface area contributed by atoms with Gasteiger partial charge in [0, 0.05) is 56.5 Å². The molecule has 1 aliphatic heterocycles. The third-order valence-corrected chi connectivity index (χ3v) is 5.38. The zero-order chi connectivity index (χ0) is 20.1. The summed E-state index contributed by atoms with van der Waals surface area (Å²) in [5, 5.41) is 22.4. The molecule has 1 aromatic carbocycles. The molecule has 0 saturated carbocycles. The van der Waals surface area contributed by atoms with E-state index in [2.05, 4.69) is 48.5 Å². The summed E-state index contributed by atoms with van der Waals surface area (Å²) in [5.74, 6) is 1.82. The Bertz CT molecular complexity index is 934. The Labute approximate surface area is 171 Å². The molecule has 1 fully saturated rings. The maximum atomic E-state index is 5.70. The summed E-state index contributed by atoms with van der Waals surface area (Å²) in [7, 11) is 0. The van der Waals surface area contributed by atoms with Crippen molar-refractivity contribution in [3.05, 3.63) is 30.2 Å². The zero-order valence-corrected chi connectivity index (χ0v) is 17.3. The van der Waals surface area contributed by atoms with Crippen molar-refractivity contribution in [3.63, 3.8) is 0 Å². The van der Waals surface area contributed by atoms with Crippen molar-refractivity contribution in [1.82, 2.24) is 30.2 Å². The number of fused-ring (bicyclic) bond motifs is 1. The Kier molecular flexibility index (Phi) is 6.31. The molecule has 8 heteroatoms. The van der Waals surface area contributed by atoms with Crippen LogP contribution in [0.1, 0.15) is 26.2 Å². The molecule has 3 heterocycles. The second-order valence-electron chi connectivity index (χ2n) is 7.41. The number of aryl methyl sites for hydroxylation is 1. The standard InChI is InChI=1S/C21H29N7O/c1-3-10-27-12-14-28(15-13-27)11-9-22-20-17-8-6-5-7-16(17)19(24-25-20)21-26-23-18(4-2)29-21/h5-8H,3-4,9-15H2,1-2H3,(H,22,25). The zero-order valence-electron chi connectivity index (χ0n) is 17.3. The van der Waals surface area contributed by atoms with Crippen molar-refractivity contribution in [3.8, 4) is 11.6 Å². The van der Waals surface area contributed by atoms with E-state index < -0.39 is 0 Å². The number of aromatic nitrogens is 4. The highest BCUT2D eigenvalue weighted by Gasteiger charge is 2.17. The van der Waals surface area contributed by atoms with E-state index in [9.17, 15) is 0 Å². The third-order valence-electron chi connectivity index (χ3n) is 5.38. The van der Waals surface area contributed by atoms with Crippen LogP contribution in [0.3, 0.4) is 0 Å². The number of anilines is 1. The molecule has 0 bridgehead atoms. The van der Waals surface area contributed by atoms with Crippen LogP contribution in [0.25, 0.3) is 22.4 Å². The topological polar surface area (TPSA) is 83.2 Å². The van der Waals surface area contributed by atoms with E-state index in [0.29, 0.717) is 23.9 Å². The molecular formula is C21H29N7O. The van der Waals surface area contributed by atoms with E-state index in [4.69, 9.17) is 4.42 Å². The van der Waals surface area contributed by atoms with Crippen molar-refractivity contribution in [1.29, 1.82) is 0 Å². The molecule has 1 aliphatic rings. The second kappa shape index (κ2) is 9.28. The van der Waals surface area contributed by atoms with E-state index >= 15 is 0 Å². The fraction of sp³-hybridized carbons (Fsp3) is 0.524. The van der Waals surface area contributed by atoms with E-state index in [0.717, 1.165) is 55.9 Å². The molecule has 0 amide bonds. The van der Waals surface area contributed by atoms with E-state index in [1.807, 2.05) is 25.1 Å². The van der Waals surface area contributed by atoms with Crippen molar-refractivity contribution in [2.24, 2.45) is 0 Å². The summed E-state index contributed by atoms with van der Waals surface area (Å²) in [6.07, 6.45) is 1.93. The minimum absolute atomic E-state index is 0.419. The van der Waals surface area contributed by atoms with Gasteiger partial charge in [0.2, 0.25) is 5.89 Å². The monoisotopic (exact) mass is 395 g/mol. The number of piperazine rings is 1. The number of hydrogen-bond donors (Lipinski definition) is 1. The largest absolute Gasteiger partial charge is 0.419 e. The average Bonchev–Trinajstić information content (AvgIpc) is 3.24. The highest BCUT2D eigenvalue weighted by atomic mass is 16.4. The van der Waals surface area contributed by atoms with Gasteiger partial charge in [-0.2, -0.15) is 0 Å². The van der Waals surface area contributed by atoms with Gasteiger partial charge in [-0.3, -0.25) is 4.90 Å². The summed E-state index contributed by atoms with van der Waals surface area (Å²) >= 11 is 0. The predicted octanol–water partition coefficient (Wildman–Crippen LogP) is 2.68. The Balaban J connectivity index is 1.43. The summed E-state index contributed by atoms with van der Waals surface area (Å²) in [6, 6.07) is 8.07. The molecule has 0 unspecified atom stereocenters. The lowest BCUT2D eigenvalue weighted by molar-refractivity contribution is 0.136. The molecule has 0 radical (unpaired) electrons. The number of nitrogens with zero attached hydrogens (tertiary/aromatic N) is 6. The maximum absolute atomic E-state index is 5.70. The van der Waals surface area contributed by atoms with Crippen molar-refractivity contribution < 1.29 is 4.42 Å². The molecular weight excluding hydrogens is 366 g/mol. The summed E-state index contributed by atoms with van der Waals surface area (Å²) in [4.78, 5) is 5.05. The smallest absolute Gasteiger partial charge is 0.268 e. The van der Waals surface area contributed by atoms with E-state index in [-0.39, 0.29) is 0 Å². The van der Waals surface area contributed by atoms with Crippen molar-refractivity contribution >= 4 is 16.6 Å². The molecule has 1 saturated heterocycles. The lowest BCUT2D eigenvalue weighted by Crippen LogP contribution is -2.47. The normalized spacial score (nSPS) is 15.8. The first-order chi connectivity index (χ1) is 14.3. The molecule has 29 heavy (non-hydrogen) atoms. The van der Waals surface area contributed by atoms with Crippen LogP contribution in [0.4, 0.5) is 5.82 Å². The molecule has 0 atom stereocenters. The summed E-state index contributed by atoms with van der Waals surface area (Å²) in [5.41, 5.74) is 0.630. The number of nitrogens with one attached hydrogen (secondary N) is 1. The Morgan fingerprint density at radius 3 is 2.31 bits per heavy atom. The minimum Gasteiger partial charge on any atom is -0.419 e. The SMILES string of the molecule is CCCN1CCN(CCNc2nnc(-c3nnc(CC)o3)c3ccccc23)CC1. The first kappa shape index (κ1) is 19.7. The summed E-state index contributed by atoms with van der Waals surface area (Å²) in [6.45, 7) is 11.9. The summed E-state index contributed by atoms with van der Waals surface area (Å²) < 4.78 is 5.70. The van der Waals surface area contributed by atoms with Crippen LogP contribution in [0, 0.1) is 0 Å². The second-order valence-corrected chi connectivity index (χ2v) is 7.41. The molecule has 1 N–H and O–H groups in total. The van der Waals surface area contributed by atoms with Crippen molar-refractivity contribution in [2.45, 2.75) is 26.7 Å². The minimum atomic E-state index is 0.419. The number of hydrogen-bond acceptors (Lipinski definition) is 8. The third kappa shape index (κ3) is 4.54. The highest BCUT2D eigenvalue weighted by Crippen LogP contribution is 2.28. The predicted molar refractivity (Wildman–Crippen MR) is 114 cm³/mol. The molecule has 4 rings (SSSR count). The molecule has 0 spiro atoms. The average molecular weight is 396 g/mol. The number of benzene rings is 1. The van der Waals surface area contributed by atoms with Gasteiger partial charge in [-0.15, -0.1) is 20.4 Å². The van der Waals surface area contributed by atoms with Crippen LogP contribution < -0.4 is 5.32 Å². The Hall–Kier alpha value is -2.58. The van der Waals surface area contributed by atoms with Gasteiger partial charge >= 0.3 is 0 Å². The lowest BCUT2D eigenvalue weighted by atomic mass is 10.1. The maximum Gasteiger partial charge on any atom is 0.268 e. The van der Waals surface area contributed by atoms with Crippen LogP contribution in [0.2, 0.25) is 0 Å². The van der Waals surface area contributed by atoms with Gasteiger partial charge in [-0.25, -0.2) is 0 Å². The number of rotatable bonds is 8. The van der Waals surface area contributed by atoms with Gasteiger partial charge in [-0.1, -0.05) is 38.1 Å². The van der Waals surface area contributed by atoms with Crippen LogP contribution in [0.5, 0.6) is 0 Å². The molecule has 2 aromatic heterocycles. The van der Waals surface area contributed by atoms with Crippen LogP contribution >= 0.6 is 0 Å². The van der Waals surface area contributed by atoms with Gasteiger partial charge in [0.1, 0.15) is 0 Å². The van der Waals surface area contributed by atoms with Gasteiger partial charge in [0.25, 0.3) is 5.89 Å². The quantitative estimate of drug-likeness (QED) is 0.623. The molecule has 3 aromatic rings. The fourth-order valence-corrected chi connectivity index (χ4v) is 3.77. The Morgan fingerprint density at radius 2 is 1.62 bits per heavy atom. The molecule has 0 aliphatic carbocycles. The van der Waals surface area contributed by atoms with Crippen molar-refractivity contribution in [2.75, 3.05) is 51.1 Å². The molecule has 154 valence electrons. The van der Waals surface area contributed by atoms with Gasteiger partial charge in [-0.05, 0) is 13.0 Å².